The molecule has 2 aromatic rings. The van der Waals surface area contributed by atoms with Gasteiger partial charge in [0.25, 0.3) is 0 Å². The van der Waals surface area contributed by atoms with E-state index >= 15 is 0 Å². The fraction of sp³-hybridized carbons (Fsp3) is 0.561. The van der Waals surface area contributed by atoms with Gasteiger partial charge in [0.05, 0.1) is 24.3 Å². The number of benzene rings is 2. The predicted octanol–water partition coefficient (Wildman–Crippen LogP) is 3.72. The SMILES string of the molecule is CC1=C2[C@@H](O)C(=O)[C@]3(C)CC[C@H]4OC[C@@]4(O)[C@H]3C(OC(=O)c3ccccc3)[C@](O)(C[C@@H]1OC(=O)[C@H](O)[C@@H](NC(=O)OC(C)(C)C)c1ccccc1)C2(C)C. The molecule has 292 valence electrons. The molecule has 2 saturated carbocycles. The smallest absolute Gasteiger partial charge is 0.408 e. The highest BCUT2D eigenvalue weighted by Crippen LogP contribution is 2.63. The molecule has 13 nitrogen and oxygen atoms in total. The first kappa shape index (κ1) is 39.6. The molecule has 1 saturated heterocycles. The Kier molecular flexibility index (Phi) is 10.2. The van der Waals surface area contributed by atoms with E-state index in [-0.39, 0.29) is 29.7 Å². The third-order valence-electron chi connectivity index (χ3n) is 12.1. The molecule has 0 spiro atoms. The number of hydrogen-bond donors (Lipinski definition) is 5. The number of rotatable bonds is 7. The lowest BCUT2D eigenvalue weighted by molar-refractivity contribution is -0.329. The highest BCUT2D eigenvalue weighted by Gasteiger charge is 2.74. The number of ether oxygens (including phenoxy) is 4. The average molecular weight is 750 g/mol. The van der Waals surface area contributed by atoms with Crippen molar-refractivity contribution < 1.29 is 58.6 Å². The first-order valence-electron chi connectivity index (χ1n) is 18.3. The summed E-state index contributed by atoms with van der Waals surface area (Å²) in [5.41, 5.74) is -6.91. The van der Waals surface area contributed by atoms with E-state index in [4.69, 9.17) is 18.9 Å². The molecule has 0 aromatic heterocycles. The van der Waals surface area contributed by atoms with Gasteiger partial charge in [-0.3, -0.25) is 4.79 Å². The molecule has 6 rings (SSSR count). The average Bonchev–Trinajstić information content (AvgIpc) is 3.10. The molecule has 0 radical (unpaired) electrons. The summed E-state index contributed by atoms with van der Waals surface area (Å²) in [6.45, 7) is 11.2. The van der Waals surface area contributed by atoms with Gasteiger partial charge in [0.15, 0.2) is 11.9 Å². The van der Waals surface area contributed by atoms with Crippen LogP contribution >= 0.6 is 0 Å². The molecule has 1 unspecified atom stereocenters. The minimum atomic E-state index is -2.18. The number of carbonyl (C=O) groups excluding carboxylic acids is 4. The van der Waals surface area contributed by atoms with Crippen molar-refractivity contribution in [2.75, 3.05) is 6.61 Å². The fourth-order valence-electron chi connectivity index (χ4n) is 9.18. The second kappa shape index (κ2) is 13.9. The first-order valence-corrected chi connectivity index (χ1v) is 18.3. The van der Waals surface area contributed by atoms with E-state index < -0.39 is 100 Å². The highest BCUT2D eigenvalue weighted by molar-refractivity contribution is 5.93. The van der Waals surface area contributed by atoms with Gasteiger partial charge in [0.1, 0.15) is 35.1 Å². The third-order valence-corrected chi connectivity index (χ3v) is 12.1. The van der Waals surface area contributed by atoms with Crippen LogP contribution in [0.3, 0.4) is 0 Å². The second-order valence-electron chi connectivity index (χ2n) is 16.9. The summed E-state index contributed by atoms with van der Waals surface area (Å²) in [6.07, 6.45) is -8.31. The second-order valence-corrected chi connectivity index (χ2v) is 16.9. The first-order chi connectivity index (χ1) is 25.2. The number of nitrogens with one attached hydrogen (secondary N) is 1. The molecule has 2 bridgehead atoms. The van der Waals surface area contributed by atoms with Crippen LogP contribution < -0.4 is 5.32 Å². The zero-order valence-electron chi connectivity index (χ0n) is 31.7. The van der Waals surface area contributed by atoms with Crippen LogP contribution in [0.25, 0.3) is 0 Å². The van der Waals surface area contributed by atoms with Crippen molar-refractivity contribution in [3.05, 3.63) is 82.9 Å². The van der Waals surface area contributed by atoms with Crippen LogP contribution in [0, 0.1) is 16.7 Å². The normalized spacial score (nSPS) is 34.1. The predicted molar refractivity (Wildman–Crippen MR) is 193 cm³/mol. The topological polar surface area (TPSA) is 198 Å². The monoisotopic (exact) mass is 749 g/mol. The number of hydrogen-bond acceptors (Lipinski definition) is 12. The van der Waals surface area contributed by atoms with Crippen molar-refractivity contribution in [1.29, 1.82) is 0 Å². The molecule has 10 atom stereocenters. The van der Waals surface area contributed by atoms with Crippen molar-refractivity contribution in [3.63, 3.8) is 0 Å². The molecule has 13 heteroatoms. The summed E-state index contributed by atoms with van der Waals surface area (Å²) in [5.74, 6) is -3.90. The number of aliphatic hydroxyl groups excluding tert-OH is 2. The summed E-state index contributed by atoms with van der Waals surface area (Å²) in [7, 11) is 0. The molecule has 1 aliphatic heterocycles. The summed E-state index contributed by atoms with van der Waals surface area (Å²) < 4.78 is 23.4. The molecule has 54 heavy (non-hydrogen) atoms. The van der Waals surface area contributed by atoms with Crippen molar-refractivity contribution in [1.82, 2.24) is 5.32 Å². The van der Waals surface area contributed by atoms with E-state index in [1.807, 2.05) is 0 Å². The van der Waals surface area contributed by atoms with Crippen LogP contribution in [0.5, 0.6) is 0 Å². The standard InChI is InChI=1S/C41H51NO12/c1-22-25(52-35(47)30(44)28(23-14-10-8-11-15-23)42-36(48)54-37(2,3)4)20-41(50)33(53-34(46)24-16-12-9-13-17-24)31-39(7,19-18-26-40(31,49)21-51-26)32(45)29(43)27(22)38(41,5)6/h8-17,25-26,28-31,33,43-44,49-50H,18-21H2,1-7H3,(H,42,48)/t25-,26+,28-,29+,30+,31-,33?,39+,40-,41+/m0/s1. The number of ketones is 1. The molecule has 2 aromatic carbocycles. The van der Waals surface area contributed by atoms with Crippen LogP contribution in [-0.2, 0) is 28.5 Å². The van der Waals surface area contributed by atoms with E-state index in [1.165, 1.54) is 12.1 Å². The Balaban J connectivity index is 1.43. The van der Waals surface area contributed by atoms with Gasteiger partial charge < -0.3 is 44.7 Å². The maximum Gasteiger partial charge on any atom is 0.408 e. The van der Waals surface area contributed by atoms with Crippen LogP contribution in [0.4, 0.5) is 4.79 Å². The third kappa shape index (κ3) is 6.53. The Labute approximate surface area is 314 Å². The zero-order valence-corrected chi connectivity index (χ0v) is 31.7. The summed E-state index contributed by atoms with van der Waals surface area (Å²) in [6, 6.07) is 15.0. The molecule has 1 amide bonds. The largest absolute Gasteiger partial charge is 0.456 e. The van der Waals surface area contributed by atoms with E-state index in [2.05, 4.69) is 5.32 Å². The highest BCUT2D eigenvalue weighted by atomic mass is 16.6. The Morgan fingerprint density at radius 1 is 0.963 bits per heavy atom. The zero-order chi connectivity index (χ0) is 39.6. The van der Waals surface area contributed by atoms with Crippen molar-refractivity contribution in [3.8, 4) is 0 Å². The number of esters is 2. The van der Waals surface area contributed by atoms with Crippen LogP contribution in [0.2, 0.25) is 0 Å². The van der Waals surface area contributed by atoms with Crippen molar-refractivity contribution >= 4 is 23.8 Å². The Bertz CT molecular complexity index is 1820. The van der Waals surface area contributed by atoms with Crippen LogP contribution in [-0.4, -0.2) is 98.2 Å². The van der Waals surface area contributed by atoms with E-state index in [0.29, 0.717) is 12.0 Å². The number of amides is 1. The van der Waals surface area contributed by atoms with E-state index in [9.17, 15) is 39.6 Å². The lowest BCUT2D eigenvalue weighted by Gasteiger charge is -2.66. The maximum absolute atomic E-state index is 14.6. The van der Waals surface area contributed by atoms with E-state index in [0.717, 1.165) is 0 Å². The van der Waals surface area contributed by atoms with Crippen molar-refractivity contribution in [2.45, 2.75) is 121 Å². The van der Waals surface area contributed by atoms with Gasteiger partial charge in [-0.05, 0) is 69.4 Å². The quantitative estimate of drug-likeness (QED) is 0.157. The number of fused-ring (bicyclic) bond motifs is 5. The number of alkyl carbamates (subject to hydrolysis) is 1. The minimum Gasteiger partial charge on any atom is -0.456 e. The molecule has 1 heterocycles. The Morgan fingerprint density at radius 3 is 2.15 bits per heavy atom. The Morgan fingerprint density at radius 2 is 1.57 bits per heavy atom. The molecular weight excluding hydrogens is 698 g/mol. The number of carbonyl (C=O) groups is 4. The van der Waals surface area contributed by atoms with E-state index in [1.54, 1.807) is 97.0 Å². The van der Waals surface area contributed by atoms with Crippen LogP contribution in [0.15, 0.2) is 71.8 Å². The molecule has 3 aliphatic carbocycles. The minimum absolute atomic E-state index is 0.0689. The lowest BCUT2D eigenvalue weighted by Crippen LogP contribution is -2.78. The maximum atomic E-state index is 14.6. The fourth-order valence-corrected chi connectivity index (χ4v) is 9.18. The van der Waals surface area contributed by atoms with Gasteiger partial charge in [-0.2, -0.15) is 0 Å². The summed E-state index contributed by atoms with van der Waals surface area (Å²) in [5, 5.41) is 51.6. The molecular formula is C41H51NO12. The number of aliphatic hydroxyl groups is 4. The summed E-state index contributed by atoms with van der Waals surface area (Å²) >= 11 is 0. The van der Waals surface area contributed by atoms with Gasteiger partial charge in [-0.1, -0.05) is 69.3 Å². The van der Waals surface area contributed by atoms with Gasteiger partial charge in [0.2, 0.25) is 0 Å². The molecule has 4 aliphatic rings. The van der Waals surface area contributed by atoms with Gasteiger partial charge in [0, 0.05) is 23.2 Å². The van der Waals surface area contributed by atoms with Gasteiger partial charge in [-0.25, -0.2) is 14.4 Å². The molecule has 5 N–H and O–H groups in total. The van der Waals surface area contributed by atoms with Crippen molar-refractivity contribution in [2.24, 2.45) is 16.7 Å². The van der Waals surface area contributed by atoms with Gasteiger partial charge >= 0.3 is 18.0 Å². The van der Waals surface area contributed by atoms with Crippen LogP contribution in [0.1, 0.15) is 89.7 Å². The number of Topliss-reactive ketones (excluding diaryl/α,β-unsaturated/α-hetero) is 1. The van der Waals surface area contributed by atoms with Gasteiger partial charge in [-0.15, -0.1) is 0 Å². The lowest BCUT2D eigenvalue weighted by atomic mass is 9.45. The Hall–Kier alpha value is -4.14. The summed E-state index contributed by atoms with van der Waals surface area (Å²) in [4.78, 5) is 55.4. The molecule has 3 fully saturated rings.